The number of piperidine rings is 1. The first kappa shape index (κ1) is 11.8. The molecule has 1 aliphatic rings. The number of hydrogen-bond acceptors (Lipinski definition) is 6. The van der Waals surface area contributed by atoms with Crippen LogP contribution in [-0.4, -0.2) is 47.3 Å². The molecular formula is C11H15N3O3. The van der Waals surface area contributed by atoms with Gasteiger partial charge in [0.1, 0.15) is 5.82 Å². The molecular weight excluding hydrogens is 222 g/mol. The summed E-state index contributed by atoms with van der Waals surface area (Å²) in [5.41, 5.74) is 0. The van der Waals surface area contributed by atoms with E-state index >= 15 is 0 Å². The molecule has 1 saturated heterocycles. The maximum absolute atomic E-state index is 11.3. The van der Waals surface area contributed by atoms with E-state index in [1.165, 1.54) is 7.11 Å². The molecule has 1 aromatic rings. The highest BCUT2D eigenvalue weighted by molar-refractivity contribution is 5.85. The summed E-state index contributed by atoms with van der Waals surface area (Å²) in [4.78, 5) is 21.3. The number of rotatable bonds is 2. The van der Waals surface area contributed by atoms with E-state index in [1.54, 1.807) is 12.3 Å². The number of hydrogen-bond donors (Lipinski definition) is 1. The van der Waals surface area contributed by atoms with Crippen LogP contribution in [0.1, 0.15) is 23.5 Å². The minimum Gasteiger partial charge on any atom is -0.463 e. The molecule has 1 aliphatic heterocycles. The first-order valence-electron chi connectivity index (χ1n) is 5.55. The molecule has 0 atom stereocenters. The molecule has 6 heteroatoms. The fourth-order valence-corrected chi connectivity index (χ4v) is 1.81. The first-order chi connectivity index (χ1) is 8.20. The van der Waals surface area contributed by atoms with Gasteiger partial charge in [-0.05, 0) is 18.9 Å². The summed E-state index contributed by atoms with van der Waals surface area (Å²) in [6, 6.07) is 1.75. The van der Waals surface area contributed by atoms with Crippen LogP contribution in [0.25, 0.3) is 0 Å². The maximum Gasteiger partial charge on any atom is 0.376 e. The Morgan fingerprint density at radius 3 is 2.88 bits per heavy atom. The topological polar surface area (TPSA) is 75.5 Å². The molecule has 0 amide bonds. The Kier molecular flexibility index (Phi) is 3.53. The predicted octanol–water partition coefficient (Wildman–Crippen LogP) is 0.224. The zero-order valence-electron chi connectivity index (χ0n) is 9.67. The van der Waals surface area contributed by atoms with Gasteiger partial charge in [0, 0.05) is 19.3 Å². The van der Waals surface area contributed by atoms with Crippen LogP contribution in [0.15, 0.2) is 12.3 Å². The van der Waals surface area contributed by atoms with E-state index in [0.29, 0.717) is 5.82 Å². The van der Waals surface area contributed by atoms with Crippen LogP contribution in [-0.2, 0) is 4.74 Å². The van der Waals surface area contributed by atoms with E-state index in [2.05, 4.69) is 14.7 Å². The highest BCUT2D eigenvalue weighted by Crippen LogP contribution is 2.17. The van der Waals surface area contributed by atoms with Gasteiger partial charge < -0.3 is 14.7 Å². The Bertz CT molecular complexity index is 403. The van der Waals surface area contributed by atoms with E-state index < -0.39 is 5.97 Å². The van der Waals surface area contributed by atoms with Crippen LogP contribution in [0.5, 0.6) is 0 Å². The van der Waals surface area contributed by atoms with Gasteiger partial charge in [-0.15, -0.1) is 0 Å². The third-order valence-electron chi connectivity index (χ3n) is 2.80. The second kappa shape index (κ2) is 5.09. The lowest BCUT2D eigenvalue weighted by Crippen LogP contribution is -2.36. The van der Waals surface area contributed by atoms with Gasteiger partial charge in [-0.3, -0.25) is 0 Å². The zero-order chi connectivity index (χ0) is 12.3. The van der Waals surface area contributed by atoms with Crippen LogP contribution >= 0.6 is 0 Å². The number of esters is 1. The molecule has 2 heterocycles. The average molecular weight is 237 g/mol. The number of ether oxygens (including phenoxy) is 1. The molecule has 0 saturated carbocycles. The fourth-order valence-electron chi connectivity index (χ4n) is 1.81. The lowest BCUT2D eigenvalue weighted by Gasteiger charge is -2.30. The molecule has 2 rings (SSSR count). The number of aliphatic hydroxyl groups is 1. The Labute approximate surface area is 99.2 Å². The summed E-state index contributed by atoms with van der Waals surface area (Å²) in [7, 11) is 1.30. The number of nitrogens with zero attached hydrogens (tertiary/aromatic N) is 3. The zero-order valence-corrected chi connectivity index (χ0v) is 9.67. The Morgan fingerprint density at radius 1 is 1.53 bits per heavy atom. The van der Waals surface area contributed by atoms with E-state index in [4.69, 9.17) is 0 Å². The molecule has 17 heavy (non-hydrogen) atoms. The van der Waals surface area contributed by atoms with Crippen molar-refractivity contribution in [2.45, 2.75) is 18.9 Å². The molecule has 0 aromatic carbocycles. The van der Waals surface area contributed by atoms with Gasteiger partial charge in [-0.2, -0.15) is 0 Å². The lowest BCUT2D eigenvalue weighted by atomic mass is 10.1. The Hall–Kier alpha value is -1.69. The number of carbonyl (C=O) groups excluding carboxylic acids is 1. The van der Waals surface area contributed by atoms with Crippen LogP contribution < -0.4 is 4.90 Å². The molecule has 1 N–H and O–H groups in total. The molecule has 0 bridgehead atoms. The van der Waals surface area contributed by atoms with Crippen molar-refractivity contribution < 1.29 is 14.6 Å². The number of methoxy groups -OCH3 is 1. The molecule has 0 radical (unpaired) electrons. The number of aliphatic hydroxyl groups excluding tert-OH is 1. The summed E-state index contributed by atoms with van der Waals surface area (Å²) in [6.07, 6.45) is 2.75. The summed E-state index contributed by atoms with van der Waals surface area (Å²) < 4.78 is 4.57. The van der Waals surface area contributed by atoms with Gasteiger partial charge in [-0.1, -0.05) is 0 Å². The highest BCUT2D eigenvalue weighted by Gasteiger charge is 2.19. The molecule has 6 nitrogen and oxygen atoms in total. The fraction of sp³-hybridized carbons (Fsp3) is 0.545. The van der Waals surface area contributed by atoms with Crippen molar-refractivity contribution in [2.75, 3.05) is 25.1 Å². The second-order valence-corrected chi connectivity index (χ2v) is 3.95. The third-order valence-corrected chi connectivity index (χ3v) is 2.80. The SMILES string of the molecule is COC(=O)c1nccc(N2CCC(O)CC2)n1. The largest absolute Gasteiger partial charge is 0.463 e. The molecule has 92 valence electrons. The molecule has 1 aromatic heterocycles. The van der Waals surface area contributed by atoms with Crippen molar-refractivity contribution in [3.8, 4) is 0 Å². The van der Waals surface area contributed by atoms with Crippen LogP contribution in [0.4, 0.5) is 5.82 Å². The first-order valence-corrected chi connectivity index (χ1v) is 5.55. The van der Waals surface area contributed by atoms with Crippen LogP contribution in [0.3, 0.4) is 0 Å². The van der Waals surface area contributed by atoms with Crippen LogP contribution in [0.2, 0.25) is 0 Å². The van der Waals surface area contributed by atoms with Gasteiger partial charge in [0.25, 0.3) is 0 Å². The summed E-state index contributed by atoms with van der Waals surface area (Å²) in [5.74, 6) is 0.229. The number of carbonyl (C=O) groups is 1. The molecule has 0 unspecified atom stereocenters. The molecule has 0 aliphatic carbocycles. The second-order valence-electron chi connectivity index (χ2n) is 3.95. The lowest BCUT2D eigenvalue weighted by molar-refractivity contribution is 0.0586. The standard InChI is InChI=1S/C11H15N3O3/c1-17-11(16)10-12-5-2-9(13-10)14-6-3-8(15)4-7-14/h2,5,8,15H,3-4,6-7H2,1H3. The van der Waals surface area contributed by atoms with Gasteiger partial charge in [-0.25, -0.2) is 14.8 Å². The summed E-state index contributed by atoms with van der Waals surface area (Å²) in [5, 5.41) is 9.42. The Balaban J connectivity index is 2.13. The van der Waals surface area contributed by atoms with Gasteiger partial charge >= 0.3 is 5.97 Å². The quantitative estimate of drug-likeness (QED) is 0.742. The smallest absolute Gasteiger partial charge is 0.376 e. The van der Waals surface area contributed by atoms with Crippen molar-refractivity contribution in [1.29, 1.82) is 0 Å². The van der Waals surface area contributed by atoms with Crippen molar-refractivity contribution >= 4 is 11.8 Å². The molecule has 1 fully saturated rings. The minimum absolute atomic E-state index is 0.0659. The molecule has 0 spiro atoms. The van der Waals surface area contributed by atoms with E-state index in [0.717, 1.165) is 25.9 Å². The van der Waals surface area contributed by atoms with Crippen molar-refractivity contribution in [2.24, 2.45) is 0 Å². The average Bonchev–Trinajstić information content (AvgIpc) is 2.39. The van der Waals surface area contributed by atoms with E-state index in [1.807, 2.05) is 4.90 Å². The summed E-state index contributed by atoms with van der Waals surface area (Å²) in [6.45, 7) is 1.47. The third kappa shape index (κ3) is 2.71. The van der Waals surface area contributed by atoms with Crippen molar-refractivity contribution in [3.63, 3.8) is 0 Å². The predicted molar refractivity (Wildman–Crippen MR) is 60.8 cm³/mol. The minimum atomic E-state index is -0.538. The Morgan fingerprint density at radius 2 is 2.24 bits per heavy atom. The highest BCUT2D eigenvalue weighted by atomic mass is 16.5. The maximum atomic E-state index is 11.3. The van der Waals surface area contributed by atoms with Gasteiger partial charge in [0.15, 0.2) is 0 Å². The van der Waals surface area contributed by atoms with Crippen LogP contribution in [0, 0.1) is 0 Å². The van der Waals surface area contributed by atoms with E-state index in [9.17, 15) is 9.90 Å². The summed E-state index contributed by atoms with van der Waals surface area (Å²) >= 11 is 0. The van der Waals surface area contributed by atoms with Gasteiger partial charge in [0.05, 0.1) is 13.2 Å². The van der Waals surface area contributed by atoms with E-state index in [-0.39, 0.29) is 11.9 Å². The van der Waals surface area contributed by atoms with Gasteiger partial charge in [0.2, 0.25) is 5.82 Å². The monoisotopic (exact) mass is 237 g/mol. The number of aromatic nitrogens is 2. The van der Waals surface area contributed by atoms with Crippen molar-refractivity contribution in [3.05, 3.63) is 18.1 Å². The number of anilines is 1. The normalized spacial score (nSPS) is 16.9. The van der Waals surface area contributed by atoms with Crippen molar-refractivity contribution in [1.82, 2.24) is 9.97 Å².